The predicted molar refractivity (Wildman–Crippen MR) is 97.5 cm³/mol. The lowest BCUT2D eigenvalue weighted by Gasteiger charge is -2.19. The second-order valence-corrected chi connectivity index (χ2v) is 5.15. The number of hydrogen-bond donors (Lipinski definition) is 2. The van der Waals surface area contributed by atoms with Gasteiger partial charge in [-0.3, -0.25) is 9.79 Å². The summed E-state index contributed by atoms with van der Waals surface area (Å²) in [7, 11) is 1.70. The van der Waals surface area contributed by atoms with Crippen molar-refractivity contribution in [2.75, 3.05) is 25.0 Å². The van der Waals surface area contributed by atoms with Crippen LogP contribution in [0, 0.1) is 0 Å². The third-order valence-corrected chi connectivity index (χ3v) is 3.24. The van der Waals surface area contributed by atoms with E-state index in [1.807, 2.05) is 36.9 Å². The minimum absolute atomic E-state index is 0. The van der Waals surface area contributed by atoms with Crippen molar-refractivity contribution in [2.24, 2.45) is 4.99 Å². The highest BCUT2D eigenvalue weighted by atomic mass is 127. The van der Waals surface area contributed by atoms with Crippen molar-refractivity contribution in [3.63, 3.8) is 0 Å². The molecule has 0 fully saturated rings. The Hall–Kier alpha value is -1.31. The molecule has 1 aliphatic rings. The first-order valence-electron chi connectivity index (χ1n) is 6.97. The Kier molecular flexibility index (Phi) is 6.94. The summed E-state index contributed by atoms with van der Waals surface area (Å²) in [6, 6.07) is 8.34. The third kappa shape index (κ3) is 4.59. The predicted octanol–water partition coefficient (Wildman–Crippen LogP) is 1.77. The molecule has 0 aliphatic carbocycles. The van der Waals surface area contributed by atoms with Crippen LogP contribution in [-0.4, -0.2) is 38.0 Å². The van der Waals surface area contributed by atoms with E-state index in [0.29, 0.717) is 5.96 Å². The van der Waals surface area contributed by atoms with Gasteiger partial charge < -0.3 is 15.5 Å². The molecule has 1 amide bonds. The van der Waals surface area contributed by atoms with Crippen LogP contribution in [0.4, 0.5) is 5.69 Å². The Bertz CT molecular complexity index is 516. The molecular formula is C15H23IN4O. The van der Waals surface area contributed by atoms with E-state index in [9.17, 15) is 4.79 Å². The summed E-state index contributed by atoms with van der Waals surface area (Å²) in [6.45, 7) is 5.08. The van der Waals surface area contributed by atoms with Crippen LogP contribution in [-0.2, 0) is 11.2 Å². The molecule has 6 heteroatoms. The zero-order chi connectivity index (χ0) is 14.5. The van der Waals surface area contributed by atoms with Gasteiger partial charge in [-0.15, -0.1) is 24.0 Å². The van der Waals surface area contributed by atoms with Gasteiger partial charge in [0.05, 0.1) is 6.54 Å². The molecule has 0 unspecified atom stereocenters. The van der Waals surface area contributed by atoms with Gasteiger partial charge in [0, 0.05) is 25.3 Å². The highest BCUT2D eigenvalue weighted by Crippen LogP contribution is 2.27. The third-order valence-electron chi connectivity index (χ3n) is 3.24. The molecule has 5 nitrogen and oxygen atoms in total. The number of halogens is 1. The van der Waals surface area contributed by atoms with E-state index in [-0.39, 0.29) is 42.5 Å². The maximum absolute atomic E-state index is 12.3. The fourth-order valence-corrected chi connectivity index (χ4v) is 2.32. The van der Waals surface area contributed by atoms with E-state index in [4.69, 9.17) is 0 Å². The second kappa shape index (κ2) is 8.21. The molecule has 0 atom stereocenters. The number of carbonyl (C=O) groups is 1. The molecule has 1 heterocycles. The van der Waals surface area contributed by atoms with Crippen LogP contribution in [0.2, 0.25) is 0 Å². The minimum Gasteiger partial charge on any atom is -0.354 e. The second-order valence-electron chi connectivity index (χ2n) is 5.15. The number of guanidine groups is 1. The van der Waals surface area contributed by atoms with Crippen molar-refractivity contribution >= 4 is 41.5 Å². The number of rotatable bonds is 3. The van der Waals surface area contributed by atoms with Gasteiger partial charge in [-0.25, -0.2) is 0 Å². The lowest BCUT2D eigenvalue weighted by Crippen LogP contribution is -2.46. The van der Waals surface area contributed by atoms with Gasteiger partial charge in [0.15, 0.2) is 5.96 Å². The van der Waals surface area contributed by atoms with Crippen molar-refractivity contribution in [1.82, 2.24) is 10.6 Å². The molecule has 116 valence electrons. The fraction of sp³-hybridized carbons (Fsp3) is 0.467. The van der Waals surface area contributed by atoms with Crippen LogP contribution < -0.4 is 15.5 Å². The summed E-state index contributed by atoms with van der Waals surface area (Å²) in [4.78, 5) is 18.2. The molecule has 1 aromatic rings. The van der Waals surface area contributed by atoms with E-state index < -0.39 is 0 Å². The smallest absolute Gasteiger partial charge is 0.246 e. The molecule has 0 aromatic heterocycles. The normalized spacial score (nSPS) is 13.7. The summed E-state index contributed by atoms with van der Waals surface area (Å²) in [6.07, 6.45) is 0.931. The molecule has 0 spiro atoms. The molecule has 1 aromatic carbocycles. The molecule has 2 N–H and O–H groups in total. The first kappa shape index (κ1) is 17.7. The molecule has 2 rings (SSSR count). The maximum atomic E-state index is 12.3. The van der Waals surface area contributed by atoms with Gasteiger partial charge in [0.25, 0.3) is 0 Å². The van der Waals surface area contributed by atoms with Gasteiger partial charge in [0.1, 0.15) is 0 Å². The average molecular weight is 402 g/mol. The highest BCUT2D eigenvalue weighted by Gasteiger charge is 2.23. The van der Waals surface area contributed by atoms with Crippen LogP contribution in [0.1, 0.15) is 19.4 Å². The SMILES string of the molecule is CN=C(NCC(=O)N1CCc2ccccc21)NC(C)C.I. The average Bonchev–Trinajstić information content (AvgIpc) is 2.86. The van der Waals surface area contributed by atoms with Crippen molar-refractivity contribution in [2.45, 2.75) is 26.3 Å². The zero-order valence-electron chi connectivity index (χ0n) is 12.7. The molecule has 0 saturated carbocycles. The van der Waals surface area contributed by atoms with Gasteiger partial charge in [-0.05, 0) is 31.9 Å². The number of carbonyl (C=O) groups excluding carboxylic acids is 1. The van der Waals surface area contributed by atoms with Crippen molar-refractivity contribution in [3.8, 4) is 0 Å². The van der Waals surface area contributed by atoms with Gasteiger partial charge in [0.2, 0.25) is 5.91 Å². The first-order valence-corrected chi connectivity index (χ1v) is 6.97. The quantitative estimate of drug-likeness (QED) is 0.461. The van der Waals surface area contributed by atoms with E-state index in [2.05, 4.69) is 21.7 Å². The molecule has 1 aliphatic heterocycles. The molecule has 0 saturated heterocycles. The summed E-state index contributed by atoms with van der Waals surface area (Å²) < 4.78 is 0. The molecule has 21 heavy (non-hydrogen) atoms. The Morgan fingerprint density at radius 3 is 2.76 bits per heavy atom. The number of para-hydroxylation sites is 1. The molecule has 0 radical (unpaired) electrons. The summed E-state index contributed by atoms with van der Waals surface area (Å²) in [5.74, 6) is 0.725. The maximum Gasteiger partial charge on any atom is 0.246 e. The summed E-state index contributed by atoms with van der Waals surface area (Å²) >= 11 is 0. The Balaban J connectivity index is 0.00000220. The van der Waals surface area contributed by atoms with E-state index in [1.54, 1.807) is 7.05 Å². The van der Waals surface area contributed by atoms with Crippen LogP contribution in [0.5, 0.6) is 0 Å². The number of anilines is 1. The van der Waals surface area contributed by atoms with Gasteiger partial charge >= 0.3 is 0 Å². The Labute approximate surface area is 143 Å². The monoisotopic (exact) mass is 402 g/mol. The number of benzene rings is 1. The largest absolute Gasteiger partial charge is 0.354 e. The topological polar surface area (TPSA) is 56.7 Å². The lowest BCUT2D eigenvalue weighted by atomic mass is 10.2. The first-order chi connectivity index (χ1) is 9.61. The van der Waals surface area contributed by atoms with Crippen molar-refractivity contribution in [3.05, 3.63) is 29.8 Å². The van der Waals surface area contributed by atoms with Gasteiger partial charge in [-0.1, -0.05) is 18.2 Å². The van der Waals surface area contributed by atoms with Gasteiger partial charge in [-0.2, -0.15) is 0 Å². The van der Waals surface area contributed by atoms with E-state index >= 15 is 0 Å². The van der Waals surface area contributed by atoms with Crippen molar-refractivity contribution < 1.29 is 4.79 Å². The number of fused-ring (bicyclic) bond motifs is 1. The Morgan fingerprint density at radius 2 is 2.10 bits per heavy atom. The van der Waals surface area contributed by atoms with Crippen LogP contribution in [0.15, 0.2) is 29.3 Å². The number of nitrogens with zero attached hydrogens (tertiary/aromatic N) is 2. The number of amides is 1. The number of nitrogens with one attached hydrogen (secondary N) is 2. The van der Waals surface area contributed by atoms with Crippen LogP contribution >= 0.6 is 24.0 Å². The highest BCUT2D eigenvalue weighted by molar-refractivity contribution is 14.0. The summed E-state index contributed by atoms with van der Waals surface area (Å²) in [5.41, 5.74) is 2.27. The fourth-order valence-electron chi connectivity index (χ4n) is 2.32. The zero-order valence-corrected chi connectivity index (χ0v) is 15.0. The minimum atomic E-state index is 0. The van der Waals surface area contributed by atoms with Crippen LogP contribution in [0.3, 0.4) is 0 Å². The van der Waals surface area contributed by atoms with E-state index in [0.717, 1.165) is 18.7 Å². The van der Waals surface area contributed by atoms with Crippen LogP contribution in [0.25, 0.3) is 0 Å². The molecular weight excluding hydrogens is 379 g/mol. The number of aliphatic imine (C=N–C) groups is 1. The summed E-state index contributed by atoms with van der Waals surface area (Å²) in [5, 5.41) is 6.22. The van der Waals surface area contributed by atoms with E-state index in [1.165, 1.54) is 5.56 Å². The number of hydrogen-bond acceptors (Lipinski definition) is 2. The Morgan fingerprint density at radius 1 is 1.38 bits per heavy atom. The standard InChI is InChI=1S/C15H22N4O.HI/c1-11(2)18-15(16-3)17-10-14(20)19-9-8-12-6-4-5-7-13(12)19;/h4-7,11H,8-10H2,1-3H3,(H2,16,17,18);1H. The van der Waals surface area contributed by atoms with Crippen molar-refractivity contribution in [1.29, 1.82) is 0 Å². The molecule has 0 bridgehead atoms. The lowest BCUT2D eigenvalue weighted by molar-refractivity contribution is -0.117.